The third kappa shape index (κ3) is 3.30. The van der Waals surface area contributed by atoms with E-state index in [-0.39, 0.29) is 17.1 Å². The molecule has 1 aliphatic rings. The Morgan fingerprint density at radius 3 is 1.93 bits per heavy atom. The molecule has 0 atom stereocenters. The summed E-state index contributed by atoms with van der Waals surface area (Å²) in [4.78, 5) is 11.7. The number of carbonyl (C=O) groups is 1. The lowest BCUT2D eigenvalue weighted by Crippen LogP contribution is -2.30. The van der Waals surface area contributed by atoms with Crippen molar-refractivity contribution < 1.29 is 13.2 Å². The maximum Gasteiger partial charge on any atom is 0.150 e. The molecule has 0 spiro atoms. The maximum absolute atomic E-state index is 11.7. The summed E-state index contributed by atoms with van der Waals surface area (Å²) in [6.07, 6.45) is 4.09. The van der Waals surface area contributed by atoms with Crippen LogP contribution in [0.2, 0.25) is 0 Å². The fourth-order valence-corrected chi connectivity index (χ4v) is 3.38. The minimum absolute atomic E-state index is 0.0739. The Bertz CT molecular complexity index is 322. The van der Waals surface area contributed by atoms with E-state index in [0.717, 1.165) is 12.8 Å². The van der Waals surface area contributed by atoms with Gasteiger partial charge in [0.2, 0.25) is 0 Å². The highest BCUT2D eigenvalue weighted by Crippen LogP contribution is 2.30. The Labute approximate surface area is 92.2 Å². The lowest BCUT2D eigenvalue weighted by atomic mass is 9.82. The normalized spacial score (nSPS) is 28.0. The summed E-state index contributed by atoms with van der Waals surface area (Å²) in [5.41, 5.74) is 0. The Kier molecular flexibility index (Phi) is 3.93. The van der Waals surface area contributed by atoms with Crippen LogP contribution in [0.3, 0.4) is 0 Å². The van der Waals surface area contributed by atoms with Crippen LogP contribution in [0.25, 0.3) is 0 Å². The van der Waals surface area contributed by atoms with Gasteiger partial charge in [0, 0.05) is 18.1 Å². The van der Waals surface area contributed by atoms with Gasteiger partial charge in [-0.15, -0.1) is 0 Å². The van der Waals surface area contributed by atoms with Gasteiger partial charge in [-0.05, 0) is 25.7 Å². The molecule has 0 heterocycles. The number of ketones is 1. The van der Waals surface area contributed by atoms with Crippen LogP contribution in [-0.4, -0.2) is 25.7 Å². The van der Waals surface area contributed by atoms with Crippen molar-refractivity contribution >= 4 is 15.6 Å². The van der Waals surface area contributed by atoms with Crippen LogP contribution in [0, 0.1) is 11.8 Å². The summed E-state index contributed by atoms with van der Waals surface area (Å²) in [6.45, 7) is 3.82. The van der Waals surface area contributed by atoms with Gasteiger partial charge in [0.05, 0.1) is 5.25 Å². The van der Waals surface area contributed by atoms with Crippen LogP contribution in [-0.2, 0) is 14.6 Å². The zero-order valence-corrected chi connectivity index (χ0v) is 10.5. The van der Waals surface area contributed by atoms with Gasteiger partial charge in [-0.1, -0.05) is 13.8 Å². The second kappa shape index (κ2) is 4.64. The van der Waals surface area contributed by atoms with Crippen molar-refractivity contribution in [3.63, 3.8) is 0 Å². The highest BCUT2D eigenvalue weighted by atomic mass is 32.2. The first kappa shape index (κ1) is 12.7. The zero-order valence-electron chi connectivity index (χ0n) is 9.69. The summed E-state index contributed by atoms with van der Waals surface area (Å²) in [6, 6.07) is 0. The molecule has 3 nitrogen and oxygen atoms in total. The SMILES string of the molecule is CC(C)C(=O)C1CCC(S(C)(=O)=O)CC1. The number of sulfone groups is 1. The summed E-state index contributed by atoms with van der Waals surface area (Å²) in [5.74, 6) is 0.467. The van der Waals surface area contributed by atoms with E-state index in [0.29, 0.717) is 18.6 Å². The molecule has 0 N–H and O–H groups in total. The van der Waals surface area contributed by atoms with Crippen molar-refractivity contribution in [3.05, 3.63) is 0 Å². The fraction of sp³-hybridized carbons (Fsp3) is 0.909. The van der Waals surface area contributed by atoms with Gasteiger partial charge in [0.15, 0.2) is 0 Å². The van der Waals surface area contributed by atoms with Gasteiger partial charge in [-0.3, -0.25) is 4.79 Å². The maximum atomic E-state index is 11.7. The molecule has 0 amide bonds. The highest BCUT2D eigenvalue weighted by Gasteiger charge is 2.31. The van der Waals surface area contributed by atoms with Crippen LogP contribution in [0.5, 0.6) is 0 Å². The van der Waals surface area contributed by atoms with Crippen LogP contribution in [0.15, 0.2) is 0 Å². The number of hydrogen-bond acceptors (Lipinski definition) is 3. The summed E-state index contributed by atoms with van der Waals surface area (Å²) >= 11 is 0. The summed E-state index contributed by atoms with van der Waals surface area (Å²) in [7, 11) is -2.91. The minimum atomic E-state index is -2.91. The first-order valence-electron chi connectivity index (χ1n) is 5.55. The molecule has 15 heavy (non-hydrogen) atoms. The molecule has 0 aromatic heterocycles. The third-order valence-electron chi connectivity index (χ3n) is 3.25. The fourth-order valence-electron chi connectivity index (χ4n) is 2.25. The third-order valence-corrected chi connectivity index (χ3v) is 4.93. The molecule has 0 saturated heterocycles. The molecule has 0 unspecified atom stereocenters. The van der Waals surface area contributed by atoms with E-state index < -0.39 is 9.84 Å². The molecule has 0 bridgehead atoms. The smallest absolute Gasteiger partial charge is 0.150 e. The van der Waals surface area contributed by atoms with E-state index in [9.17, 15) is 13.2 Å². The molecule has 88 valence electrons. The van der Waals surface area contributed by atoms with Crippen molar-refractivity contribution in [2.24, 2.45) is 11.8 Å². The van der Waals surface area contributed by atoms with E-state index in [1.807, 2.05) is 13.8 Å². The highest BCUT2D eigenvalue weighted by molar-refractivity contribution is 7.91. The first-order valence-corrected chi connectivity index (χ1v) is 7.50. The molecule has 1 saturated carbocycles. The van der Waals surface area contributed by atoms with Crippen LogP contribution < -0.4 is 0 Å². The summed E-state index contributed by atoms with van der Waals surface area (Å²) < 4.78 is 22.6. The molecule has 4 heteroatoms. The Morgan fingerprint density at radius 1 is 1.13 bits per heavy atom. The molecule has 0 aliphatic heterocycles. The average Bonchev–Trinajstić information content (AvgIpc) is 2.15. The van der Waals surface area contributed by atoms with Gasteiger partial charge in [-0.25, -0.2) is 8.42 Å². The van der Waals surface area contributed by atoms with E-state index in [1.54, 1.807) is 0 Å². The number of Topliss-reactive ketones (excluding diaryl/α,β-unsaturated/α-hetero) is 1. The molecular weight excluding hydrogens is 212 g/mol. The Balaban J connectivity index is 2.53. The van der Waals surface area contributed by atoms with Gasteiger partial charge >= 0.3 is 0 Å². The molecule has 1 aliphatic carbocycles. The second-order valence-electron chi connectivity index (χ2n) is 4.86. The molecule has 0 radical (unpaired) electrons. The standard InChI is InChI=1S/C11H20O3S/c1-8(2)11(12)9-4-6-10(7-5-9)15(3,13)14/h8-10H,4-7H2,1-3H3. The van der Waals surface area contributed by atoms with Gasteiger partial charge in [0.1, 0.15) is 15.6 Å². The van der Waals surface area contributed by atoms with E-state index in [2.05, 4.69) is 0 Å². The quantitative estimate of drug-likeness (QED) is 0.745. The lowest BCUT2D eigenvalue weighted by molar-refractivity contribution is -0.126. The number of hydrogen-bond donors (Lipinski definition) is 0. The minimum Gasteiger partial charge on any atom is -0.299 e. The first-order chi connectivity index (χ1) is 6.82. The monoisotopic (exact) mass is 232 g/mol. The molecule has 1 rings (SSSR count). The van der Waals surface area contributed by atoms with Crippen molar-refractivity contribution in [2.45, 2.75) is 44.8 Å². The largest absolute Gasteiger partial charge is 0.299 e. The lowest BCUT2D eigenvalue weighted by Gasteiger charge is -2.27. The summed E-state index contributed by atoms with van der Waals surface area (Å²) in [5, 5.41) is -0.214. The number of rotatable bonds is 3. The van der Waals surface area contributed by atoms with Crippen molar-refractivity contribution in [3.8, 4) is 0 Å². The van der Waals surface area contributed by atoms with Crippen molar-refractivity contribution in [1.29, 1.82) is 0 Å². The van der Waals surface area contributed by atoms with Gasteiger partial charge in [-0.2, -0.15) is 0 Å². The second-order valence-corrected chi connectivity index (χ2v) is 7.19. The van der Waals surface area contributed by atoms with Crippen LogP contribution in [0.1, 0.15) is 39.5 Å². The molecule has 1 fully saturated rings. The zero-order chi connectivity index (χ0) is 11.6. The van der Waals surface area contributed by atoms with Crippen LogP contribution in [0.4, 0.5) is 0 Å². The Morgan fingerprint density at radius 2 is 1.60 bits per heavy atom. The van der Waals surface area contributed by atoms with Gasteiger partial charge < -0.3 is 0 Å². The predicted molar refractivity (Wildman–Crippen MR) is 60.4 cm³/mol. The van der Waals surface area contributed by atoms with Crippen molar-refractivity contribution in [2.75, 3.05) is 6.26 Å². The molecule has 0 aromatic carbocycles. The molecular formula is C11H20O3S. The topological polar surface area (TPSA) is 51.2 Å². The predicted octanol–water partition coefficient (Wildman–Crippen LogP) is 1.81. The Hall–Kier alpha value is -0.380. The van der Waals surface area contributed by atoms with Crippen molar-refractivity contribution in [1.82, 2.24) is 0 Å². The van der Waals surface area contributed by atoms with Crippen LogP contribution >= 0.6 is 0 Å². The number of carbonyl (C=O) groups excluding carboxylic acids is 1. The van der Waals surface area contributed by atoms with E-state index in [1.165, 1.54) is 6.26 Å². The average molecular weight is 232 g/mol. The molecule has 0 aromatic rings. The van der Waals surface area contributed by atoms with E-state index >= 15 is 0 Å². The van der Waals surface area contributed by atoms with E-state index in [4.69, 9.17) is 0 Å². The van der Waals surface area contributed by atoms with Gasteiger partial charge in [0.25, 0.3) is 0 Å².